The molecule has 0 spiro atoms. The molecule has 0 aliphatic heterocycles. The molecule has 0 bridgehead atoms. The average Bonchev–Trinajstić information content (AvgIpc) is 1.65. The summed E-state index contributed by atoms with van der Waals surface area (Å²) in [6.45, 7) is 1.24. The molecule has 0 aromatic carbocycles. The summed E-state index contributed by atoms with van der Waals surface area (Å²) in [6.07, 6.45) is -0.409. The first-order chi connectivity index (χ1) is 2.81. The van der Waals surface area contributed by atoms with E-state index in [0.717, 1.165) is 0 Å². The van der Waals surface area contributed by atoms with Crippen molar-refractivity contribution in [3.63, 3.8) is 0 Å². The number of hydrogen-bond acceptors (Lipinski definition) is 2. The van der Waals surface area contributed by atoms with Crippen molar-refractivity contribution in [3.8, 4) is 0 Å². The van der Waals surface area contributed by atoms with Crippen LogP contribution in [0.4, 0.5) is 0 Å². The Morgan fingerprint density at radius 1 is 1.57 bits per heavy atom. The maximum absolute atomic E-state index is 9.95. The van der Waals surface area contributed by atoms with E-state index in [1.165, 1.54) is 0 Å². The fraction of sp³-hybridized carbons (Fsp3) is 1.00. The van der Waals surface area contributed by atoms with Gasteiger partial charge >= 0.3 is 37.7 Å². The van der Waals surface area contributed by atoms with E-state index >= 15 is 0 Å². The Bertz CT molecular complexity index is 28.9. The van der Waals surface area contributed by atoms with Crippen LogP contribution in [0.2, 0.25) is 0 Å². The van der Waals surface area contributed by atoms with E-state index in [1.54, 1.807) is 6.92 Å². The summed E-state index contributed by atoms with van der Waals surface area (Å²) in [4.78, 5) is 0. The molecule has 0 aliphatic rings. The molecule has 0 saturated carbocycles. The average molecular weight is 128 g/mol. The molecule has 0 aliphatic carbocycles. The van der Waals surface area contributed by atoms with Crippen molar-refractivity contribution in [1.82, 2.24) is 0 Å². The first-order valence-electron chi connectivity index (χ1n) is 2.05. The fourth-order valence-corrected chi connectivity index (χ4v) is 0.118. The molecule has 1 atom stereocenters. The first-order valence-corrected chi connectivity index (χ1v) is 2.05. The van der Waals surface area contributed by atoms with Gasteiger partial charge in [-0.1, -0.05) is 13.3 Å². The minimum absolute atomic E-state index is 0. The minimum atomic E-state index is -0.870. The van der Waals surface area contributed by atoms with Crippen LogP contribution in [0.5, 0.6) is 0 Å². The van der Waals surface area contributed by atoms with E-state index in [0.29, 0.717) is 6.42 Å². The quantitative estimate of drug-likeness (QED) is 0.408. The van der Waals surface area contributed by atoms with Crippen LogP contribution in [-0.4, -0.2) is 50.4 Å². The van der Waals surface area contributed by atoms with Crippen LogP contribution in [0.3, 0.4) is 0 Å². The standard InChI is InChI=1S/C4H8O2.Ca/c1-2-4(6)3-5;/h4H,2-3H2,1H3;/q-2;+2. The van der Waals surface area contributed by atoms with Gasteiger partial charge in [0.05, 0.1) is 0 Å². The molecule has 0 rings (SSSR count). The molecule has 7 heavy (non-hydrogen) atoms. The molecule has 2 nitrogen and oxygen atoms in total. The van der Waals surface area contributed by atoms with Crippen LogP contribution in [0, 0.1) is 0 Å². The third-order valence-electron chi connectivity index (χ3n) is 0.641. The van der Waals surface area contributed by atoms with Crippen molar-refractivity contribution in [2.45, 2.75) is 19.4 Å². The van der Waals surface area contributed by atoms with Crippen molar-refractivity contribution >= 4 is 37.7 Å². The van der Waals surface area contributed by atoms with E-state index in [4.69, 9.17) is 0 Å². The number of hydrogen-bond donors (Lipinski definition) is 0. The van der Waals surface area contributed by atoms with Crippen LogP contribution in [0.25, 0.3) is 0 Å². The Morgan fingerprint density at radius 2 is 2.00 bits per heavy atom. The Balaban J connectivity index is 0. The summed E-state index contributed by atoms with van der Waals surface area (Å²) in [5, 5.41) is 19.5. The predicted molar refractivity (Wildman–Crippen MR) is 24.7 cm³/mol. The molecule has 0 amide bonds. The molecule has 3 heteroatoms. The van der Waals surface area contributed by atoms with Crippen molar-refractivity contribution in [2.75, 3.05) is 6.61 Å². The molecule has 0 radical (unpaired) electrons. The molecule has 0 heterocycles. The zero-order valence-electron chi connectivity index (χ0n) is 4.52. The van der Waals surface area contributed by atoms with E-state index in [1.807, 2.05) is 0 Å². The number of rotatable bonds is 2. The van der Waals surface area contributed by atoms with Crippen LogP contribution in [0.15, 0.2) is 0 Å². The summed E-state index contributed by atoms with van der Waals surface area (Å²) in [6, 6.07) is 0. The Morgan fingerprint density at radius 3 is 2.00 bits per heavy atom. The summed E-state index contributed by atoms with van der Waals surface area (Å²) in [7, 11) is 0. The van der Waals surface area contributed by atoms with Gasteiger partial charge in [0, 0.05) is 0 Å². The monoisotopic (exact) mass is 128 g/mol. The molecule has 0 fully saturated rings. The Labute approximate surface area is 73.5 Å². The van der Waals surface area contributed by atoms with Gasteiger partial charge in [0.2, 0.25) is 0 Å². The van der Waals surface area contributed by atoms with E-state index in [2.05, 4.69) is 0 Å². The van der Waals surface area contributed by atoms with Gasteiger partial charge in [-0.2, -0.15) is 6.61 Å². The predicted octanol–water partition coefficient (Wildman–Crippen LogP) is -1.90. The molecule has 0 N–H and O–H groups in total. The van der Waals surface area contributed by atoms with E-state index in [-0.39, 0.29) is 37.7 Å². The molecule has 38 valence electrons. The zero-order valence-corrected chi connectivity index (χ0v) is 6.72. The topological polar surface area (TPSA) is 46.1 Å². The molecule has 1 unspecified atom stereocenters. The van der Waals surface area contributed by atoms with Crippen molar-refractivity contribution < 1.29 is 10.2 Å². The second kappa shape index (κ2) is 7.18. The Hall–Kier alpha value is 1.18. The van der Waals surface area contributed by atoms with Gasteiger partial charge in [0.15, 0.2) is 0 Å². The largest absolute Gasteiger partial charge is 2.00 e. The second-order valence-corrected chi connectivity index (χ2v) is 1.20. The maximum atomic E-state index is 9.95. The molecule has 0 saturated heterocycles. The molecule has 0 aromatic rings. The van der Waals surface area contributed by atoms with E-state index in [9.17, 15) is 10.2 Å². The normalized spacial score (nSPS) is 12.4. The summed E-state index contributed by atoms with van der Waals surface area (Å²) in [5.41, 5.74) is 0. The SMILES string of the molecule is CCC([O-])C[O-].[Ca+2]. The van der Waals surface area contributed by atoms with Gasteiger partial charge in [0.1, 0.15) is 0 Å². The third-order valence-corrected chi connectivity index (χ3v) is 0.641. The fourth-order valence-electron chi connectivity index (χ4n) is 0.118. The summed E-state index contributed by atoms with van der Waals surface area (Å²) < 4.78 is 0. The molecular weight excluding hydrogens is 120 g/mol. The van der Waals surface area contributed by atoms with E-state index < -0.39 is 12.7 Å². The van der Waals surface area contributed by atoms with Crippen molar-refractivity contribution in [1.29, 1.82) is 0 Å². The molecule has 0 aromatic heterocycles. The van der Waals surface area contributed by atoms with Crippen molar-refractivity contribution in [2.24, 2.45) is 0 Å². The smallest absolute Gasteiger partial charge is 0.855 e. The van der Waals surface area contributed by atoms with Crippen LogP contribution in [0.1, 0.15) is 13.3 Å². The van der Waals surface area contributed by atoms with Gasteiger partial charge in [0.25, 0.3) is 0 Å². The van der Waals surface area contributed by atoms with Gasteiger partial charge in [-0.15, -0.1) is 6.10 Å². The first kappa shape index (κ1) is 11.0. The van der Waals surface area contributed by atoms with Gasteiger partial charge in [-0.05, 0) is 0 Å². The van der Waals surface area contributed by atoms with Gasteiger partial charge < -0.3 is 10.2 Å². The Kier molecular flexibility index (Phi) is 11.3. The third kappa shape index (κ3) is 7.18. The summed E-state index contributed by atoms with van der Waals surface area (Å²) >= 11 is 0. The zero-order chi connectivity index (χ0) is 4.99. The van der Waals surface area contributed by atoms with Crippen LogP contribution >= 0.6 is 0 Å². The van der Waals surface area contributed by atoms with Crippen LogP contribution in [-0.2, 0) is 0 Å². The second-order valence-electron chi connectivity index (χ2n) is 1.20. The summed E-state index contributed by atoms with van der Waals surface area (Å²) in [5.74, 6) is 0. The maximum Gasteiger partial charge on any atom is 2.00 e. The minimum Gasteiger partial charge on any atom is -0.855 e. The van der Waals surface area contributed by atoms with Crippen molar-refractivity contribution in [3.05, 3.63) is 0 Å². The van der Waals surface area contributed by atoms with Gasteiger partial charge in [-0.3, -0.25) is 0 Å². The van der Waals surface area contributed by atoms with Crippen LogP contribution < -0.4 is 10.2 Å². The van der Waals surface area contributed by atoms with Gasteiger partial charge in [-0.25, -0.2) is 0 Å². The molecular formula is C4H8CaO2.